The summed E-state index contributed by atoms with van der Waals surface area (Å²) in [6, 6.07) is 23.7. The highest BCUT2D eigenvalue weighted by molar-refractivity contribution is 6.36. The van der Waals surface area contributed by atoms with Crippen molar-refractivity contribution in [2.75, 3.05) is 0 Å². The zero-order chi connectivity index (χ0) is 17.2. The highest BCUT2D eigenvalue weighted by Gasteiger charge is 2.12. The zero-order valence-corrected chi connectivity index (χ0v) is 14.7. The Labute approximate surface area is 155 Å². The number of halogens is 2. The van der Waals surface area contributed by atoms with Gasteiger partial charge in [-0.3, -0.25) is 4.99 Å². The molecule has 1 N–H and O–H groups in total. The van der Waals surface area contributed by atoms with Gasteiger partial charge in [0.1, 0.15) is 0 Å². The van der Waals surface area contributed by atoms with Crippen LogP contribution >= 0.6 is 23.2 Å². The van der Waals surface area contributed by atoms with Gasteiger partial charge in [-0.1, -0.05) is 77.8 Å². The fraction of sp³-hybridized carbons (Fsp3) is 0. The minimum atomic E-state index is 0.581. The van der Waals surface area contributed by atoms with Crippen LogP contribution in [0.25, 0.3) is 22.2 Å². The largest absolute Gasteiger partial charge is 0.353 e. The molecule has 2 nitrogen and oxygen atoms in total. The van der Waals surface area contributed by atoms with E-state index in [0.717, 1.165) is 33.4 Å². The Bertz CT molecular complexity index is 1070. The Kier molecular flexibility index (Phi) is 4.31. The lowest BCUT2D eigenvalue weighted by atomic mass is 10.1. The van der Waals surface area contributed by atoms with Gasteiger partial charge in [0.15, 0.2) is 0 Å². The summed E-state index contributed by atoms with van der Waals surface area (Å²) < 4.78 is 0. The van der Waals surface area contributed by atoms with Gasteiger partial charge in [0, 0.05) is 33.3 Å². The number of benzene rings is 3. The molecule has 4 aromatic rings. The topological polar surface area (TPSA) is 28.1 Å². The zero-order valence-electron chi connectivity index (χ0n) is 13.2. The van der Waals surface area contributed by atoms with Crippen LogP contribution in [0.1, 0.15) is 5.56 Å². The molecule has 0 saturated carbocycles. The van der Waals surface area contributed by atoms with Gasteiger partial charge in [0.2, 0.25) is 0 Å². The number of nitrogens with zero attached hydrogens (tertiary/aromatic N) is 1. The number of aromatic nitrogens is 1. The predicted molar refractivity (Wildman–Crippen MR) is 107 cm³/mol. The molecule has 0 saturated heterocycles. The second-order valence-electron chi connectivity index (χ2n) is 5.68. The van der Waals surface area contributed by atoms with Crippen LogP contribution in [0.4, 0.5) is 5.69 Å². The molecule has 1 aromatic heterocycles. The second-order valence-corrected chi connectivity index (χ2v) is 6.53. The molecular weight excluding hydrogens is 351 g/mol. The third kappa shape index (κ3) is 3.19. The summed E-state index contributed by atoms with van der Waals surface area (Å²) in [5.41, 5.74) is 4.86. The summed E-state index contributed by atoms with van der Waals surface area (Å²) >= 11 is 12.2. The molecule has 1 heterocycles. The average molecular weight is 365 g/mol. The molecular formula is C21H14Cl2N2. The highest BCUT2D eigenvalue weighted by Crippen LogP contribution is 2.37. The summed E-state index contributed by atoms with van der Waals surface area (Å²) in [6.07, 6.45) is 1.78. The maximum atomic E-state index is 6.26. The van der Waals surface area contributed by atoms with Gasteiger partial charge in [-0.15, -0.1) is 0 Å². The first-order valence-electron chi connectivity index (χ1n) is 7.87. The third-order valence-electron chi connectivity index (χ3n) is 4.04. The Morgan fingerprint density at radius 3 is 2.40 bits per heavy atom. The molecule has 0 radical (unpaired) electrons. The van der Waals surface area contributed by atoms with Crippen LogP contribution in [0.15, 0.2) is 77.8 Å². The van der Waals surface area contributed by atoms with Crippen LogP contribution in [-0.2, 0) is 0 Å². The van der Waals surface area contributed by atoms with Gasteiger partial charge < -0.3 is 4.98 Å². The third-order valence-corrected chi connectivity index (χ3v) is 4.60. The van der Waals surface area contributed by atoms with Gasteiger partial charge in [-0.05, 0) is 18.2 Å². The van der Waals surface area contributed by atoms with Crippen LogP contribution in [0.5, 0.6) is 0 Å². The molecule has 122 valence electrons. The molecule has 0 fully saturated rings. The maximum Gasteiger partial charge on any atom is 0.0963 e. The van der Waals surface area contributed by atoms with Crippen molar-refractivity contribution in [2.45, 2.75) is 0 Å². The van der Waals surface area contributed by atoms with E-state index in [1.807, 2.05) is 42.5 Å². The number of fused-ring (bicyclic) bond motifs is 1. The van der Waals surface area contributed by atoms with Crippen molar-refractivity contribution in [3.05, 3.63) is 88.4 Å². The summed E-state index contributed by atoms with van der Waals surface area (Å²) in [5, 5.41) is 2.26. The average Bonchev–Trinajstić information content (AvgIpc) is 3.00. The van der Waals surface area contributed by atoms with Crippen molar-refractivity contribution < 1.29 is 0 Å². The first kappa shape index (κ1) is 15.9. The number of hydrogen-bond acceptors (Lipinski definition) is 1. The lowest BCUT2D eigenvalue weighted by molar-refractivity contribution is 1.43. The molecule has 0 aliphatic heterocycles. The molecule has 0 amide bonds. The fourth-order valence-corrected chi connectivity index (χ4v) is 3.27. The van der Waals surface area contributed by atoms with Crippen molar-refractivity contribution in [2.24, 2.45) is 4.99 Å². The molecule has 3 aromatic carbocycles. The van der Waals surface area contributed by atoms with Crippen LogP contribution in [0, 0.1) is 0 Å². The Morgan fingerprint density at radius 1 is 0.840 bits per heavy atom. The van der Waals surface area contributed by atoms with Gasteiger partial charge >= 0.3 is 0 Å². The van der Waals surface area contributed by atoms with Gasteiger partial charge in [-0.25, -0.2) is 0 Å². The number of aliphatic imine (C=N–C) groups is 1. The molecule has 0 aliphatic rings. The Balaban J connectivity index is 1.86. The number of aromatic amines is 1. The van der Waals surface area contributed by atoms with Gasteiger partial charge in [0.25, 0.3) is 0 Å². The van der Waals surface area contributed by atoms with E-state index in [1.165, 1.54) is 0 Å². The van der Waals surface area contributed by atoms with Crippen LogP contribution in [0.2, 0.25) is 10.0 Å². The Morgan fingerprint density at radius 2 is 1.60 bits per heavy atom. The smallest absolute Gasteiger partial charge is 0.0963 e. The molecule has 0 aliphatic carbocycles. The van der Waals surface area contributed by atoms with Crippen LogP contribution in [0.3, 0.4) is 0 Å². The number of rotatable bonds is 3. The van der Waals surface area contributed by atoms with Crippen LogP contribution in [-0.4, -0.2) is 11.2 Å². The SMILES string of the molecule is Clc1ccc(C=Nc2c(-c3ccccc3)[nH]c3ccccc23)c(Cl)c1. The summed E-state index contributed by atoms with van der Waals surface area (Å²) in [5.74, 6) is 0. The van der Waals surface area contributed by atoms with Crippen molar-refractivity contribution in [3.63, 3.8) is 0 Å². The first-order chi connectivity index (χ1) is 12.2. The molecule has 0 spiro atoms. The lowest BCUT2D eigenvalue weighted by Gasteiger charge is -2.02. The molecule has 4 rings (SSSR count). The molecule has 0 unspecified atom stereocenters. The van der Waals surface area contributed by atoms with E-state index in [2.05, 4.69) is 29.2 Å². The highest BCUT2D eigenvalue weighted by atomic mass is 35.5. The van der Waals surface area contributed by atoms with Gasteiger partial charge in [0.05, 0.1) is 16.4 Å². The maximum absolute atomic E-state index is 6.26. The van der Waals surface area contributed by atoms with E-state index in [9.17, 15) is 0 Å². The minimum Gasteiger partial charge on any atom is -0.353 e. The number of nitrogens with one attached hydrogen (secondary N) is 1. The monoisotopic (exact) mass is 364 g/mol. The van der Waals surface area contributed by atoms with E-state index < -0.39 is 0 Å². The number of para-hydroxylation sites is 1. The molecule has 0 atom stereocenters. The fourth-order valence-electron chi connectivity index (χ4n) is 2.82. The van der Waals surface area contributed by atoms with Crippen LogP contribution < -0.4 is 0 Å². The predicted octanol–water partition coefficient (Wildman–Crippen LogP) is 6.89. The summed E-state index contributed by atoms with van der Waals surface area (Å²) in [4.78, 5) is 8.22. The first-order valence-corrected chi connectivity index (χ1v) is 8.63. The van der Waals surface area contributed by atoms with E-state index in [1.54, 1.807) is 12.3 Å². The standard InChI is InChI=1S/C21H14Cl2N2/c22-16-11-10-15(18(23)12-16)13-24-21-17-8-4-5-9-19(17)25-20(21)14-6-2-1-3-7-14/h1-13,25H. The van der Waals surface area contributed by atoms with Gasteiger partial charge in [-0.2, -0.15) is 0 Å². The summed E-state index contributed by atoms with van der Waals surface area (Å²) in [7, 11) is 0. The van der Waals surface area contributed by atoms with Crippen molar-refractivity contribution >= 4 is 46.0 Å². The quantitative estimate of drug-likeness (QED) is 0.383. The molecule has 25 heavy (non-hydrogen) atoms. The normalized spacial score (nSPS) is 11.4. The van der Waals surface area contributed by atoms with Crippen molar-refractivity contribution in [1.82, 2.24) is 4.98 Å². The van der Waals surface area contributed by atoms with Crippen molar-refractivity contribution in [3.8, 4) is 11.3 Å². The van der Waals surface area contributed by atoms with E-state index in [-0.39, 0.29) is 0 Å². The minimum absolute atomic E-state index is 0.581. The lowest BCUT2D eigenvalue weighted by Crippen LogP contribution is -1.83. The Hall–Kier alpha value is -2.55. The van der Waals surface area contributed by atoms with E-state index in [4.69, 9.17) is 28.2 Å². The number of H-pyrrole nitrogens is 1. The second kappa shape index (κ2) is 6.75. The number of hydrogen-bond donors (Lipinski definition) is 1. The molecule has 4 heteroatoms. The van der Waals surface area contributed by atoms with E-state index >= 15 is 0 Å². The summed E-state index contributed by atoms with van der Waals surface area (Å²) in [6.45, 7) is 0. The molecule has 0 bridgehead atoms. The van der Waals surface area contributed by atoms with Crippen molar-refractivity contribution in [1.29, 1.82) is 0 Å². The van der Waals surface area contributed by atoms with E-state index in [0.29, 0.717) is 10.0 Å².